The van der Waals surface area contributed by atoms with Crippen LogP contribution in [-0.2, 0) is 0 Å². The highest BCUT2D eigenvalue weighted by molar-refractivity contribution is 7.98. The van der Waals surface area contributed by atoms with Crippen LogP contribution in [0.2, 0.25) is 0 Å². The first-order valence-electron chi connectivity index (χ1n) is 7.90. The van der Waals surface area contributed by atoms with Gasteiger partial charge in [-0.25, -0.2) is 0 Å². The second kappa shape index (κ2) is 6.38. The van der Waals surface area contributed by atoms with E-state index in [0.717, 1.165) is 11.3 Å². The van der Waals surface area contributed by atoms with E-state index in [9.17, 15) is 10.2 Å². The second-order valence-electron chi connectivity index (χ2n) is 5.84. The number of phenolic OH excluding ortho intramolecular Hbond substituents is 2. The molecule has 3 aromatic rings. The predicted molar refractivity (Wildman–Crippen MR) is 98.5 cm³/mol. The number of nitrogens with zero attached hydrogens (tertiary/aromatic N) is 3. The molecule has 3 N–H and O–H groups in total. The maximum atomic E-state index is 10.4. The number of nitrogens with one attached hydrogen (secondary N) is 1. The fourth-order valence-corrected chi connectivity index (χ4v) is 3.26. The molecule has 26 heavy (non-hydrogen) atoms. The van der Waals surface area contributed by atoms with E-state index < -0.39 is 6.23 Å². The zero-order valence-electron chi connectivity index (χ0n) is 14.1. The SMILES string of the molecule is CSc1nnc2c(n1)O[C@H](c1c(C)cc(O)cc1O)Nc1ccccc1-2. The van der Waals surface area contributed by atoms with Crippen molar-refractivity contribution in [1.29, 1.82) is 0 Å². The molecule has 0 unspecified atom stereocenters. The maximum Gasteiger partial charge on any atom is 0.247 e. The molecule has 1 atom stereocenters. The molecular weight excluding hydrogens is 352 g/mol. The first-order valence-corrected chi connectivity index (χ1v) is 9.13. The van der Waals surface area contributed by atoms with Crippen LogP contribution in [0.3, 0.4) is 0 Å². The van der Waals surface area contributed by atoms with Crippen molar-refractivity contribution in [2.75, 3.05) is 11.6 Å². The fourth-order valence-electron chi connectivity index (χ4n) is 2.97. The van der Waals surface area contributed by atoms with Crippen LogP contribution in [0.1, 0.15) is 17.4 Å². The van der Waals surface area contributed by atoms with Gasteiger partial charge in [0, 0.05) is 17.3 Å². The van der Waals surface area contributed by atoms with Crippen molar-refractivity contribution in [3.63, 3.8) is 0 Å². The summed E-state index contributed by atoms with van der Waals surface area (Å²) in [6, 6.07) is 10.5. The maximum absolute atomic E-state index is 10.4. The topological polar surface area (TPSA) is 100 Å². The summed E-state index contributed by atoms with van der Waals surface area (Å²) in [7, 11) is 0. The first-order chi connectivity index (χ1) is 12.6. The Kier molecular flexibility index (Phi) is 4.04. The number of rotatable bonds is 2. The molecule has 0 radical (unpaired) electrons. The lowest BCUT2D eigenvalue weighted by Crippen LogP contribution is -2.18. The number of para-hydroxylation sites is 1. The van der Waals surface area contributed by atoms with Gasteiger partial charge in [-0.05, 0) is 30.9 Å². The Bertz CT molecular complexity index is 973. The number of aromatic nitrogens is 3. The molecule has 1 aliphatic rings. The summed E-state index contributed by atoms with van der Waals surface area (Å²) in [5, 5.41) is 32.2. The Hall–Kier alpha value is -3.00. The Morgan fingerprint density at radius 1 is 1.15 bits per heavy atom. The van der Waals surface area contributed by atoms with Crippen LogP contribution in [0.5, 0.6) is 17.4 Å². The number of fused-ring (bicyclic) bond motifs is 3. The van der Waals surface area contributed by atoms with Crippen LogP contribution in [0, 0.1) is 6.92 Å². The van der Waals surface area contributed by atoms with E-state index in [1.807, 2.05) is 30.5 Å². The van der Waals surface area contributed by atoms with Gasteiger partial charge in [-0.3, -0.25) is 0 Å². The molecule has 0 saturated carbocycles. The third kappa shape index (κ3) is 2.78. The largest absolute Gasteiger partial charge is 0.508 e. The third-order valence-corrected chi connectivity index (χ3v) is 4.67. The monoisotopic (exact) mass is 368 g/mol. The van der Waals surface area contributed by atoms with Crippen molar-refractivity contribution >= 4 is 17.4 Å². The van der Waals surface area contributed by atoms with Gasteiger partial charge >= 0.3 is 0 Å². The van der Waals surface area contributed by atoms with E-state index in [1.54, 1.807) is 13.0 Å². The van der Waals surface area contributed by atoms with E-state index in [1.165, 1.54) is 17.8 Å². The van der Waals surface area contributed by atoms with Crippen LogP contribution in [0.15, 0.2) is 41.6 Å². The number of thioether (sulfide) groups is 1. The summed E-state index contributed by atoms with van der Waals surface area (Å²) in [5.74, 6) is 0.263. The molecule has 0 fully saturated rings. The molecule has 0 amide bonds. The highest BCUT2D eigenvalue weighted by atomic mass is 32.2. The van der Waals surface area contributed by atoms with Crippen LogP contribution in [0.25, 0.3) is 11.3 Å². The quantitative estimate of drug-likeness (QED) is 0.591. The number of ether oxygens (including phenoxy) is 1. The summed E-state index contributed by atoms with van der Waals surface area (Å²) in [4.78, 5) is 4.44. The van der Waals surface area contributed by atoms with Gasteiger partial charge in [-0.15, -0.1) is 10.2 Å². The molecule has 132 valence electrons. The number of benzene rings is 2. The van der Waals surface area contributed by atoms with Gasteiger partial charge in [-0.2, -0.15) is 4.98 Å². The van der Waals surface area contributed by atoms with Gasteiger partial charge < -0.3 is 20.3 Å². The van der Waals surface area contributed by atoms with E-state index in [4.69, 9.17) is 4.74 Å². The van der Waals surface area contributed by atoms with E-state index in [2.05, 4.69) is 20.5 Å². The van der Waals surface area contributed by atoms with Crippen LogP contribution in [0.4, 0.5) is 5.69 Å². The Balaban J connectivity index is 1.90. The van der Waals surface area contributed by atoms with E-state index in [0.29, 0.717) is 27.9 Å². The van der Waals surface area contributed by atoms with Crippen LogP contribution in [-0.4, -0.2) is 31.7 Å². The van der Waals surface area contributed by atoms with Crippen molar-refractivity contribution in [3.05, 3.63) is 47.5 Å². The Morgan fingerprint density at radius 3 is 2.73 bits per heavy atom. The Labute approximate surface area is 154 Å². The minimum atomic E-state index is -0.704. The van der Waals surface area contributed by atoms with Crippen LogP contribution < -0.4 is 10.1 Å². The third-order valence-electron chi connectivity index (χ3n) is 4.13. The zero-order chi connectivity index (χ0) is 18.3. The fraction of sp³-hybridized carbons (Fsp3) is 0.167. The first kappa shape index (κ1) is 16.5. The summed E-state index contributed by atoms with van der Waals surface area (Å²) in [6.07, 6.45) is 1.16. The highest BCUT2D eigenvalue weighted by Gasteiger charge is 2.28. The van der Waals surface area contributed by atoms with Crippen molar-refractivity contribution in [3.8, 4) is 28.6 Å². The number of anilines is 1. The number of aryl methyl sites for hydroxylation is 1. The average molecular weight is 368 g/mol. The van der Waals surface area contributed by atoms with Crippen molar-refractivity contribution in [1.82, 2.24) is 15.2 Å². The predicted octanol–water partition coefficient (Wildman–Crippen LogP) is 3.48. The second-order valence-corrected chi connectivity index (χ2v) is 6.61. The molecular formula is C18H16N4O3S. The van der Waals surface area contributed by atoms with Gasteiger partial charge in [-0.1, -0.05) is 30.0 Å². The van der Waals surface area contributed by atoms with Crippen LogP contribution >= 0.6 is 11.8 Å². The minimum Gasteiger partial charge on any atom is -0.508 e. The number of hydrogen-bond acceptors (Lipinski definition) is 8. The van der Waals surface area contributed by atoms with Crippen molar-refractivity contribution < 1.29 is 14.9 Å². The van der Waals surface area contributed by atoms with Crippen molar-refractivity contribution in [2.45, 2.75) is 18.3 Å². The lowest BCUT2D eigenvalue weighted by atomic mass is 10.0. The molecule has 2 aromatic carbocycles. The number of aromatic hydroxyl groups is 2. The minimum absolute atomic E-state index is 0.00756. The highest BCUT2D eigenvalue weighted by Crippen LogP contribution is 2.42. The molecule has 4 rings (SSSR count). The summed E-state index contributed by atoms with van der Waals surface area (Å²) >= 11 is 1.37. The number of hydrogen-bond donors (Lipinski definition) is 3. The van der Waals surface area contributed by atoms with Crippen molar-refractivity contribution in [2.24, 2.45) is 0 Å². The molecule has 8 heteroatoms. The summed E-state index contributed by atoms with van der Waals surface area (Å²) < 4.78 is 6.09. The van der Waals surface area contributed by atoms with Gasteiger partial charge in [0.2, 0.25) is 17.3 Å². The van der Waals surface area contributed by atoms with Gasteiger partial charge in [0.25, 0.3) is 0 Å². The number of phenols is 2. The lowest BCUT2D eigenvalue weighted by Gasteiger charge is -2.22. The molecule has 0 bridgehead atoms. The average Bonchev–Trinajstić information content (AvgIpc) is 2.76. The molecule has 2 heterocycles. The summed E-state index contributed by atoms with van der Waals surface area (Å²) in [5.41, 5.74) is 3.34. The molecule has 0 spiro atoms. The molecule has 1 aromatic heterocycles. The Morgan fingerprint density at radius 2 is 1.96 bits per heavy atom. The lowest BCUT2D eigenvalue weighted by molar-refractivity contribution is 0.219. The van der Waals surface area contributed by atoms with Gasteiger partial charge in [0.05, 0.1) is 5.56 Å². The smallest absolute Gasteiger partial charge is 0.247 e. The van der Waals surface area contributed by atoms with Gasteiger partial charge in [0.1, 0.15) is 11.5 Å². The normalized spacial score (nSPS) is 15.2. The summed E-state index contributed by atoms with van der Waals surface area (Å²) in [6.45, 7) is 1.79. The molecule has 0 aliphatic carbocycles. The molecule has 7 nitrogen and oxygen atoms in total. The molecule has 1 aliphatic heterocycles. The van der Waals surface area contributed by atoms with E-state index in [-0.39, 0.29) is 11.5 Å². The van der Waals surface area contributed by atoms with Gasteiger partial charge in [0.15, 0.2) is 5.69 Å². The van der Waals surface area contributed by atoms with E-state index >= 15 is 0 Å². The zero-order valence-corrected chi connectivity index (χ0v) is 14.9. The molecule has 0 saturated heterocycles. The standard InChI is InChI=1S/C18H16N4O3S/c1-9-7-10(23)8-13(24)14(9)16-19-12-6-4-3-5-11(12)15-17(25-16)20-18(26-2)22-21-15/h3-8,16,19,23-24H,1-2H3/t16-/m1/s1.